The molecule has 0 spiro atoms. The van der Waals surface area contributed by atoms with E-state index >= 15 is 0 Å². The molecule has 1 aromatic carbocycles. The summed E-state index contributed by atoms with van der Waals surface area (Å²) < 4.78 is 26.2. The van der Waals surface area contributed by atoms with Gasteiger partial charge in [0.2, 0.25) is 5.91 Å². The normalized spacial score (nSPS) is 18.9. The van der Waals surface area contributed by atoms with Crippen LogP contribution in [0.3, 0.4) is 0 Å². The molecule has 1 amide bonds. The molecule has 0 aliphatic carbocycles. The van der Waals surface area contributed by atoms with Gasteiger partial charge in [-0.2, -0.15) is 0 Å². The zero-order valence-electron chi connectivity index (χ0n) is 11.7. The Bertz CT molecular complexity index is 459. The second kappa shape index (κ2) is 6.79. The van der Waals surface area contributed by atoms with Crippen molar-refractivity contribution < 1.29 is 13.6 Å². The van der Waals surface area contributed by atoms with Crippen LogP contribution < -0.4 is 5.32 Å². The third kappa shape index (κ3) is 3.76. The van der Waals surface area contributed by atoms with E-state index in [0.29, 0.717) is 25.1 Å². The number of carbonyl (C=O) groups is 1. The summed E-state index contributed by atoms with van der Waals surface area (Å²) >= 11 is 0. The van der Waals surface area contributed by atoms with E-state index in [2.05, 4.69) is 12.2 Å². The number of carbonyl (C=O) groups excluding carboxylic acids is 1. The molecular weight excluding hydrogens is 262 g/mol. The van der Waals surface area contributed by atoms with Crippen molar-refractivity contribution in [2.45, 2.75) is 32.2 Å². The molecule has 3 nitrogen and oxygen atoms in total. The number of rotatable bonds is 6. The summed E-state index contributed by atoms with van der Waals surface area (Å²) in [6.07, 6.45) is 2.27. The predicted molar refractivity (Wildman–Crippen MR) is 73.3 cm³/mol. The zero-order chi connectivity index (χ0) is 14.5. The molecule has 1 aliphatic rings. The standard InChI is InChI=1S/C15H20F2N2O/c1-2-5-18-14-4-7-19(15(14)20)6-3-11-8-12(16)10-13(17)9-11/h8-10,14,18H,2-7H2,1H3. The summed E-state index contributed by atoms with van der Waals surface area (Å²) in [5.74, 6) is -1.05. The van der Waals surface area contributed by atoms with Gasteiger partial charge in [-0.1, -0.05) is 6.92 Å². The number of likely N-dealkylation sites (tertiary alicyclic amines) is 1. The number of benzene rings is 1. The van der Waals surface area contributed by atoms with Crippen molar-refractivity contribution in [3.63, 3.8) is 0 Å². The van der Waals surface area contributed by atoms with Crippen LogP contribution >= 0.6 is 0 Å². The lowest BCUT2D eigenvalue weighted by atomic mass is 10.1. The summed E-state index contributed by atoms with van der Waals surface area (Å²) in [4.78, 5) is 13.8. The summed E-state index contributed by atoms with van der Waals surface area (Å²) in [6, 6.07) is 3.39. The minimum atomic E-state index is -0.574. The fraction of sp³-hybridized carbons (Fsp3) is 0.533. The lowest BCUT2D eigenvalue weighted by Gasteiger charge is -2.17. The van der Waals surface area contributed by atoms with E-state index in [-0.39, 0.29) is 11.9 Å². The highest BCUT2D eigenvalue weighted by atomic mass is 19.1. The van der Waals surface area contributed by atoms with E-state index in [1.807, 2.05) is 0 Å². The first-order valence-electron chi connectivity index (χ1n) is 7.07. The SMILES string of the molecule is CCCNC1CCN(CCc2cc(F)cc(F)c2)C1=O. The fourth-order valence-corrected chi connectivity index (χ4v) is 2.49. The molecule has 20 heavy (non-hydrogen) atoms. The molecule has 1 fully saturated rings. The quantitative estimate of drug-likeness (QED) is 0.866. The lowest BCUT2D eigenvalue weighted by molar-refractivity contribution is -0.129. The average Bonchev–Trinajstić information content (AvgIpc) is 2.74. The monoisotopic (exact) mass is 282 g/mol. The van der Waals surface area contributed by atoms with Crippen LogP contribution in [-0.4, -0.2) is 36.5 Å². The molecule has 110 valence electrons. The summed E-state index contributed by atoms with van der Waals surface area (Å²) in [5, 5.41) is 3.22. The van der Waals surface area contributed by atoms with Crippen molar-refractivity contribution in [2.24, 2.45) is 0 Å². The van der Waals surface area contributed by atoms with Crippen LogP contribution in [0.25, 0.3) is 0 Å². The highest BCUT2D eigenvalue weighted by molar-refractivity contribution is 5.83. The van der Waals surface area contributed by atoms with Crippen LogP contribution in [0.4, 0.5) is 8.78 Å². The maximum atomic E-state index is 13.1. The molecule has 1 aromatic rings. The van der Waals surface area contributed by atoms with Crippen LogP contribution in [0, 0.1) is 11.6 Å². The van der Waals surface area contributed by atoms with Crippen molar-refractivity contribution >= 4 is 5.91 Å². The molecular formula is C15H20F2N2O. The van der Waals surface area contributed by atoms with Crippen LogP contribution in [0.1, 0.15) is 25.3 Å². The van der Waals surface area contributed by atoms with Crippen LogP contribution in [0.5, 0.6) is 0 Å². The number of nitrogens with zero attached hydrogens (tertiary/aromatic N) is 1. The van der Waals surface area contributed by atoms with Gasteiger partial charge in [-0.05, 0) is 43.5 Å². The Kier molecular flexibility index (Phi) is 5.06. The van der Waals surface area contributed by atoms with Gasteiger partial charge in [-0.15, -0.1) is 0 Å². The molecule has 0 aromatic heterocycles. The first-order chi connectivity index (χ1) is 9.60. The number of hydrogen-bond acceptors (Lipinski definition) is 2. The van der Waals surface area contributed by atoms with Gasteiger partial charge in [0.15, 0.2) is 0 Å². The number of hydrogen-bond donors (Lipinski definition) is 1. The smallest absolute Gasteiger partial charge is 0.239 e. The van der Waals surface area contributed by atoms with E-state index in [9.17, 15) is 13.6 Å². The summed E-state index contributed by atoms with van der Waals surface area (Å²) in [5.41, 5.74) is 0.584. The van der Waals surface area contributed by atoms with Gasteiger partial charge in [0.25, 0.3) is 0 Å². The van der Waals surface area contributed by atoms with Gasteiger partial charge in [0.1, 0.15) is 11.6 Å². The largest absolute Gasteiger partial charge is 0.341 e. The van der Waals surface area contributed by atoms with Gasteiger partial charge in [0, 0.05) is 19.2 Å². The molecule has 2 rings (SSSR count). The topological polar surface area (TPSA) is 32.3 Å². The van der Waals surface area contributed by atoms with E-state index in [4.69, 9.17) is 0 Å². The van der Waals surface area contributed by atoms with Gasteiger partial charge in [0.05, 0.1) is 6.04 Å². The molecule has 1 saturated heterocycles. The highest BCUT2D eigenvalue weighted by Gasteiger charge is 2.30. The van der Waals surface area contributed by atoms with E-state index in [1.165, 1.54) is 12.1 Å². The Morgan fingerprint density at radius 3 is 2.65 bits per heavy atom. The minimum absolute atomic E-state index is 0.0929. The maximum Gasteiger partial charge on any atom is 0.239 e. The average molecular weight is 282 g/mol. The third-order valence-electron chi connectivity index (χ3n) is 3.53. The van der Waals surface area contributed by atoms with Crippen LogP contribution in [0.2, 0.25) is 0 Å². The predicted octanol–water partition coefficient (Wildman–Crippen LogP) is 2.11. The molecule has 1 heterocycles. The van der Waals surface area contributed by atoms with Gasteiger partial charge < -0.3 is 10.2 Å². The third-order valence-corrected chi connectivity index (χ3v) is 3.53. The second-order valence-corrected chi connectivity index (χ2v) is 5.15. The molecule has 1 atom stereocenters. The molecule has 0 saturated carbocycles. The van der Waals surface area contributed by atoms with Crippen molar-refractivity contribution in [1.29, 1.82) is 0 Å². The van der Waals surface area contributed by atoms with Crippen LogP contribution in [0.15, 0.2) is 18.2 Å². The summed E-state index contributed by atoms with van der Waals surface area (Å²) in [6.45, 7) is 4.10. The minimum Gasteiger partial charge on any atom is -0.341 e. The lowest BCUT2D eigenvalue weighted by Crippen LogP contribution is -2.39. The van der Waals surface area contributed by atoms with Crippen LogP contribution in [-0.2, 0) is 11.2 Å². The van der Waals surface area contributed by atoms with E-state index in [1.54, 1.807) is 4.90 Å². The molecule has 0 radical (unpaired) electrons. The highest BCUT2D eigenvalue weighted by Crippen LogP contribution is 2.14. The van der Waals surface area contributed by atoms with Gasteiger partial charge in [-0.25, -0.2) is 8.78 Å². The van der Waals surface area contributed by atoms with Gasteiger partial charge >= 0.3 is 0 Å². The van der Waals surface area contributed by atoms with Crippen molar-refractivity contribution in [3.05, 3.63) is 35.4 Å². The van der Waals surface area contributed by atoms with Crippen molar-refractivity contribution in [1.82, 2.24) is 10.2 Å². The Morgan fingerprint density at radius 2 is 2.00 bits per heavy atom. The Morgan fingerprint density at radius 1 is 1.30 bits per heavy atom. The van der Waals surface area contributed by atoms with Crippen molar-refractivity contribution in [3.8, 4) is 0 Å². The zero-order valence-corrected chi connectivity index (χ0v) is 11.7. The molecule has 5 heteroatoms. The number of halogens is 2. The van der Waals surface area contributed by atoms with Gasteiger partial charge in [-0.3, -0.25) is 4.79 Å². The molecule has 1 aliphatic heterocycles. The second-order valence-electron chi connectivity index (χ2n) is 5.15. The first kappa shape index (κ1) is 14.9. The first-order valence-corrected chi connectivity index (χ1v) is 7.07. The Hall–Kier alpha value is -1.49. The van der Waals surface area contributed by atoms with E-state index < -0.39 is 11.6 Å². The van der Waals surface area contributed by atoms with Crippen molar-refractivity contribution in [2.75, 3.05) is 19.6 Å². The molecule has 1 N–H and O–H groups in total. The number of amides is 1. The number of nitrogens with one attached hydrogen (secondary N) is 1. The molecule has 0 bridgehead atoms. The Labute approximate surface area is 118 Å². The Balaban J connectivity index is 1.87. The maximum absolute atomic E-state index is 13.1. The van der Waals surface area contributed by atoms with E-state index in [0.717, 1.165) is 25.5 Å². The fourth-order valence-electron chi connectivity index (χ4n) is 2.49. The molecule has 1 unspecified atom stereocenters. The summed E-state index contributed by atoms with van der Waals surface area (Å²) in [7, 11) is 0.